The van der Waals surface area contributed by atoms with Crippen LogP contribution in [0.1, 0.15) is 0 Å². The highest BCUT2D eigenvalue weighted by Crippen LogP contribution is 1.91. The van der Waals surface area contributed by atoms with E-state index in [1.165, 1.54) is 0 Å². The van der Waals surface area contributed by atoms with Crippen molar-refractivity contribution in [3.8, 4) is 0 Å². The lowest BCUT2D eigenvalue weighted by atomic mass is 10.7. The van der Waals surface area contributed by atoms with Gasteiger partial charge < -0.3 is 0 Å². The van der Waals surface area contributed by atoms with E-state index in [4.69, 9.17) is 18.6 Å². The molecule has 0 fully saturated rings. The fourth-order valence-electron chi connectivity index (χ4n) is 0.762. The molecular formula is C6H6ClN3O4. The quantitative estimate of drug-likeness (QED) is 0.493. The molecule has 0 aliphatic carbocycles. The molecule has 0 radical (unpaired) electrons. The summed E-state index contributed by atoms with van der Waals surface area (Å²) in [7, 11) is -4.69. The van der Waals surface area contributed by atoms with Gasteiger partial charge in [-0.1, -0.05) is 0 Å². The second-order valence-corrected chi connectivity index (χ2v) is 2.94. The second kappa shape index (κ2) is 4.31. The highest BCUT2D eigenvalue weighted by atomic mass is 35.7. The maximum atomic E-state index is 8.60. The topological polar surface area (TPSA) is 120 Å². The first kappa shape index (κ1) is 10.8. The Kier molecular flexibility index (Phi) is 3.33. The van der Waals surface area contributed by atoms with Crippen LogP contribution in [0.2, 0.25) is 0 Å². The van der Waals surface area contributed by atoms with Crippen LogP contribution in [-0.2, 0) is 0 Å². The monoisotopic (exact) mass is 219 g/mol. The van der Waals surface area contributed by atoms with Crippen molar-refractivity contribution in [1.29, 1.82) is 0 Å². The van der Waals surface area contributed by atoms with Gasteiger partial charge >= 0.3 is 0 Å². The van der Waals surface area contributed by atoms with Crippen molar-refractivity contribution in [3.05, 3.63) is 30.9 Å². The van der Waals surface area contributed by atoms with Gasteiger partial charge in [0.25, 0.3) is 0 Å². The molecule has 2 aromatic rings. The van der Waals surface area contributed by atoms with Crippen molar-refractivity contribution in [2.45, 2.75) is 0 Å². The molecule has 1 N–H and O–H groups in total. The molecule has 0 amide bonds. The van der Waals surface area contributed by atoms with Gasteiger partial charge in [0.1, 0.15) is 0 Å². The minimum Gasteiger partial charge on any atom is -0.291 e. The van der Waals surface area contributed by atoms with Crippen LogP contribution in [0.15, 0.2) is 30.9 Å². The summed E-state index contributed by atoms with van der Waals surface area (Å²) >= 11 is 0. The highest BCUT2D eigenvalue weighted by Gasteiger charge is 1.98. The maximum Gasteiger partial charge on any atom is 0.233 e. The molecule has 0 aliphatic heterocycles. The smallest absolute Gasteiger partial charge is 0.233 e. The molecule has 0 aromatic carbocycles. The zero-order valence-corrected chi connectivity index (χ0v) is 7.53. The zero-order valence-electron chi connectivity index (χ0n) is 6.78. The van der Waals surface area contributed by atoms with Crippen molar-refractivity contribution in [3.63, 3.8) is 0 Å². The summed E-state index contributed by atoms with van der Waals surface area (Å²) < 4.78 is 34.6. The molecule has 8 heteroatoms. The molecule has 2 rings (SSSR count). The normalized spacial score (nSPS) is 10.9. The van der Waals surface area contributed by atoms with Gasteiger partial charge in [-0.2, -0.15) is 14.0 Å². The average Bonchev–Trinajstić information content (AvgIpc) is 2.47. The van der Waals surface area contributed by atoms with Crippen LogP contribution in [-0.4, -0.2) is 19.0 Å². The predicted octanol–water partition coefficient (Wildman–Crippen LogP) is -3.39. The van der Waals surface area contributed by atoms with E-state index in [0.717, 1.165) is 5.78 Å². The van der Waals surface area contributed by atoms with Gasteiger partial charge in [0.05, 0.1) is 14.9 Å². The molecule has 0 saturated carbocycles. The van der Waals surface area contributed by atoms with Crippen LogP contribution < -0.4 is 14.0 Å². The number of rotatable bonds is 0. The molecule has 2 heterocycles. The summed E-state index contributed by atoms with van der Waals surface area (Å²) in [4.78, 5) is 7.96. The van der Waals surface area contributed by atoms with Crippen LogP contribution in [0.25, 0.3) is 5.78 Å². The summed E-state index contributed by atoms with van der Waals surface area (Å²) in [5.41, 5.74) is 0. The number of imidazole rings is 1. The van der Waals surface area contributed by atoms with Crippen LogP contribution in [0.3, 0.4) is 0 Å². The van der Waals surface area contributed by atoms with Crippen molar-refractivity contribution >= 4 is 5.78 Å². The molecule has 0 atom stereocenters. The number of halogens is 1. The van der Waals surface area contributed by atoms with Crippen LogP contribution >= 0.6 is 0 Å². The van der Waals surface area contributed by atoms with Gasteiger partial charge in [-0.05, 0) is 6.07 Å². The molecule has 2 aromatic heterocycles. The summed E-state index contributed by atoms with van der Waals surface area (Å²) in [5, 5.41) is 0. The number of aromatic nitrogens is 3. The van der Waals surface area contributed by atoms with Gasteiger partial charge in [0, 0.05) is 24.8 Å². The number of fused-ring (bicyclic) bond motifs is 1. The molecule has 0 aliphatic rings. The van der Waals surface area contributed by atoms with Crippen molar-refractivity contribution in [2.24, 2.45) is 0 Å². The minimum absolute atomic E-state index is 0.748. The Balaban J connectivity index is 0.000000171. The second-order valence-electron chi connectivity index (χ2n) is 2.15. The Labute approximate surface area is 80.6 Å². The fourth-order valence-corrected chi connectivity index (χ4v) is 0.762. The Morgan fingerprint density at radius 1 is 1.14 bits per heavy atom. The standard InChI is InChI=1S/C6H5N3.ClHO4/c1-2-7-6-8-3-5-9(6)4-1;2-1(3,4)5/h1-5H;(H,2,3,4,5). The molecule has 7 nitrogen and oxygen atoms in total. The highest BCUT2D eigenvalue weighted by molar-refractivity contribution is 5.25. The van der Waals surface area contributed by atoms with Crippen molar-refractivity contribution < 1.29 is 28.9 Å². The first-order valence-electron chi connectivity index (χ1n) is 3.34. The first-order valence-corrected chi connectivity index (χ1v) is 4.60. The van der Waals surface area contributed by atoms with E-state index in [1.54, 1.807) is 12.4 Å². The molecule has 14 heavy (non-hydrogen) atoms. The number of hydrogen-bond donors (Lipinski definition) is 1. The molecule has 76 valence electrons. The molecule has 0 spiro atoms. The van der Waals surface area contributed by atoms with Crippen LogP contribution in [0.5, 0.6) is 0 Å². The Hall–Kier alpha value is -1.25. The van der Waals surface area contributed by atoms with E-state index in [0.29, 0.717) is 0 Å². The van der Waals surface area contributed by atoms with E-state index in [2.05, 4.69) is 9.97 Å². The van der Waals surface area contributed by atoms with Gasteiger partial charge in [-0.25, -0.2) is 9.97 Å². The summed E-state index contributed by atoms with van der Waals surface area (Å²) in [6.07, 6.45) is 7.22. The largest absolute Gasteiger partial charge is 0.291 e. The SMILES string of the molecule is [O-][Cl+3]([O-])([O-])O.c1cnc2nccn2c1. The maximum absolute atomic E-state index is 8.60. The average molecular weight is 220 g/mol. The Bertz CT molecular complexity index is 363. The van der Waals surface area contributed by atoms with Crippen LogP contribution in [0.4, 0.5) is 0 Å². The summed E-state index contributed by atoms with van der Waals surface area (Å²) in [5.74, 6) is 0.748. The molecule has 0 bridgehead atoms. The Morgan fingerprint density at radius 2 is 1.71 bits per heavy atom. The third kappa shape index (κ3) is 4.12. The third-order valence-corrected chi connectivity index (χ3v) is 1.17. The van der Waals surface area contributed by atoms with E-state index < -0.39 is 10.2 Å². The van der Waals surface area contributed by atoms with E-state index in [-0.39, 0.29) is 0 Å². The van der Waals surface area contributed by atoms with Crippen molar-refractivity contribution in [2.75, 3.05) is 0 Å². The lowest BCUT2D eigenvalue weighted by Crippen LogP contribution is -2.58. The predicted molar refractivity (Wildman–Crippen MR) is 35.2 cm³/mol. The lowest BCUT2D eigenvalue weighted by Gasteiger charge is -2.03. The Morgan fingerprint density at radius 3 is 2.29 bits per heavy atom. The number of nitrogens with zero attached hydrogens (tertiary/aromatic N) is 3. The van der Waals surface area contributed by atoms with Gasteiger partial charge in [-0.15, -0.1) is 0 Å². The van der Waals surface area contributed by atoms with Gasteiger partial charge in [0.2, 0.25) is 5.78 Å². The van der Waals surface area contributed by atoms with Gasteiger partial charge in [-0.3, -0.25) is 4.40 Å². The van der Waals surface area contributed by atoms with E-state index >= 15 is 0 Å². The fraction of sp³-hybridized carbons (Fsp3) is 0. The summed E-state index contributed by atoms with van der Waals surface area (Å²) in [6, 6.07) is 1.87. The molecule has 0 saturated heterocycles. The zero-order chi connectivity index (χ0) is 10.6. The number of hydrogen-bond acceptors (Lipinski definition) is 6. The minimum atomic E-state index is -4.69. The molecular weight excluding hydrogens is 214 g/mol. The van der Waals surface area contributed by atoms with Crippen LogP contribution in [0, 0.1) is 10.2 Å². The first-order chi connectivity index (χ1) is 6.47. The molecule has 0 unspecified atom stereocenters. The summed E-state index contributed by atoms with van der Waals surface area (Å²) in [6.45, 7) is 0. The van der Waals surface area contributed by atoms with Gasteiger partial charge in [0.15, 0.2) is 0 Å². The third-order valence-electron chi connectivity index (χ3n) is 1.17. The lowest BCUT2D eigenvalue weighted by molar-refractivity contribution is -1.92. The van der Waals surface area contributed by atoms with E-state index in [9.17, 15) is 0 Å². The van der Waals surface area contributed by atoms with E-state index in [1.807, 2.05) is 22.9 Å². The van der Waals surface area contributed by atoms with Crippen molar-refractivity contribution in [1.82, 2.24) is 14.4 Å².